The Morgan fingerprint density at radius 3 is 2.30 bits per heavy atom. The molecule has 1 aliphatic heterocycles. The summed E-state index contributed by atoms with van der Waals surface area (Å²) < 4.78 is 11.0. The number of nitrogens with zero attached hydrogens (tertiary/aromatic N) is 2. The van der Waals surface area contributed by atoms with E-state index in [4.69, 9.17) is 9.47 Å². The van der Waals surface area contributed by atoms with Gasteiger partial charge in [-0.3, -0.25) is 19.5 Å². The minimum absolute atomic E-state index is 0.0667. The van der Waals surface area contributed by atoms with Gasteiger partial charge in [0.25, 0.3) is 11.7 Å². The molecule has 4 rings (SSSR count). The van der Waals surface area contributed by atoms with Crippen LogP contribution in [0, 0.1) is 0 Å². The van der Waals surface area contributed by atoms with E-state index in [1.54, 1.807) is 74.8 Å². The fourth-order valence-electron chi connectivity index (χ4n) is 4.14. The average molecular weight is 501 g/mol. The van der Waals surface area contributed by atoms with E-state index in [1.165, 1.54) is 17.0 Å². The Balaban J connectivity index is 1.81. The van der Waals surface area contributed by atoms with Gasteiger partial charge >= 0.3 is 5.97 Å². The molecule has 8 nitrogen and oxygen atoms in total. The van der Waals surface area contributed by atoms with Gasteiger partial charge in [0.2, 0.25) is 0 Å². The zero-order valence-electron chi connectivity index (χ0n) is 21.0. The molecule has 1 amide bonds. The van der Waals surface area contributed by atoms with E-state index in [-0.39, 0.29) is 23.5 Å². The highest BCUT2D eigenvalue weighted by Gasteiger charge is 2.47. The number of aromatic nitrogens is 1. The molecule has 1 fully saturated rings. The highest BCUT2D eigenvalue weighted by atomic mass is 16.5. The van der Waals surface area contributed by atoms with Gasteiger partial charge in [0.1, 0.15) is 11.5 Å². The van der Waals surface area contributed by atoms with E-state index in [1.807, 2.05) is 13.8 Å². The van der Waals surface area contributed by atoms with Crippen molar-refractivity contribution in [3.63, 3.8) is 0 Å². The molecule has 0 radical (unpaired) electrons. The predicted molar refractivity (Wildman–Crippen MR) is 138 cm³/mol. The van der Waals surface area contributed by atoms with Crippen LogP contribution in [0.4, 0.5) is 5.69 Å². The molecule has 1 unspecified atom stereocenters. The van der Waals surface area contributed by atoms with Gasteiger partial charge in [-0.25, -0.2) is 4.79 Å². The van der Waals surface area contributed by atoms with Crippen LogP contribution in [0.2, 0.25) is 0 Å². The zero-order valence-corrected chi connectivity index (χ0v) is 21.0. The van der Waals surface area contributed by atoms with Crippen molar-refractivity contribution in [2.75, 3.05) is 4.90 Å². The molecule has 190 valence electrons. The third kappa shape index (κ3) is 5.38. The number of Topliss-reactive ketones (excluding diaryl/α,β-unsaturated/α-hetero) is 1. The second-order valence-corrected chi connectivity index (χ2v) is 9.15. The van der Waals surface area contributed by atoms with Crippen LogP contribution in [0.3, 0.4) is 0 Å². The van der Waals surface area contributed by atoms with Crippen molar-refractivity contribution in [2.24, 2.45) is 0 Å². The van der Waals surface area contributed by atoms with E-state index < -0.39 is 23.7 Å². The molecule has 1 saturated heterocycles. The predicted octanol–water partition coefficient (Wildman–Crippen LogP) is 5.06. The number of pyridine rings is 1. The summed E-state index contributed by atoms with van der Waals surface area (Å²) >= 11 is 0. The number of rotatable bonds is 7. The maximum atomic E-state index is 13.3. The largest absolute Gasteiger partial charge is 0.507 e. The quantitative estimate of drug-likeness (QED) is 0.209. The highest BCUT2D eigenvalue weighted by Crippen LogP contribution is 2.42. The van der Waals surface area contributed by atoms with E-state index in [2.05, 4.69) is 4.98 Å². The summed E-state index contributed by atoms with van der Waals surface area (Å²) in [6, 6.07) is 15.4. The van der Waals surface area contributed by atoms with Crippen LogP contribution in [0.25, 0.3) is 5.76 Å². The van der Waals surface area contributed by atoms with Crippen molar-refractivity contribution in [1.82, 2.24) is 4.98 Å². The molecule has 2 aromatic carbocycles. The maximum Gasteiger partial charge on any atom is 0.338 e. The number of anilines is 1. The SMILES string of the molecule is CC(C)OC(=O)c1ccc(N2C(=O)C(=O)/C(=C(/O)c3cccc(OC(C)C)c3)C2c2cccnc2)cc1. The van der Waals surface area contributed by atoms with Gasteiger partial charge in [-0.2, -0.15) is 0 Å². The molecule has 1 atom stereocenters. The van der Waals surface area contributed by atoms with Crippen molar-refractivity contribution in [1.29, 1.82) is 0 Å². The number of ether oxygens (including phenoxy) is 2. The van der Waals surface area contributed by atoms with Gasteiger partial charge in [0.15, 0.2) is 0 Å². The van der Waals surface area contributed by atoms with E-state index in [0.717, 1.165) is 0 Å². The molecule has 37 heavy (non-hydrogen) atoms. The number of ketones is 1. The summed E-state index contributed by atoms with van der Waals surface area (Å²) in [4.78, 5) is 44.3. The van der Waals surface area contributed by atoms with E-state index in [0.29, 0.717) is 28.1 Å². The summed E-state index contributed by atoms with van der Waals surface area (Å²) in [6.45, 7) is 7.27. The normalized spacial score (nSPS) is 16.9. The third-order valence-electron chi connectivity index (χ3n) is 5.65. The first kappa shape index (κ1) is 25.6. The smallest absolute Gasteiger partial charge is 0.338 e. The van der Waals surface area contributed by atoms with Gasteiger partial charge in [-0.1, -0.05) is 18.2 Å². The second-order valence-electron chi connectivity index (χ2n) is 9.15. The monoisotopic (exact) mass is 500 g/mol. The fraction of sp³-hybridized carbons (Fsp3) is 0.241. The molecule has 0 aliphatic carbocycles. The standard InChI is InChI=1S/C29H28N2O6/c1-17(2)36-23-9-5-7-20(15-23)26(32)24-25(21-8-6-14-30-16-21)31(28(34)27(24)33)22-12-10-19(11-13-22)29(35)37-18(3)4/h5-18,25,32H,1-4H3/b26-24+. The fourth-order valence-corrected chi connectivity index (χ4v) is 4.14. The number of hydrogen-bond donors (Lipinski definition) is 1. The van der Waals surface area contributed by atoms with E-state index >= 15 is 0 Å². The molecule has 1 aromatic heterocycles. The summed E-state index contributed by atoms with van der Waals surface area (Å²) in [6.07, 6.45) is 2.76. The van der Waals surface area contributed by atoms with Crippen LogP contribution in [0.5, 0.6) is 5.75 Å². The highest BCUT2D eigenvalue weighted by molar-refractivity contribution is 6.51. The average Bonchev–Trinajstić information content (AvgIpc) is 3.14. The van der Waals surface area contributed by atoms with Crippen molar-refractivity contribution < 1.29 is 29.0 Å². The number of benzene rings is 2. The van der Waals surface area contributed by atoms with Crippen LogP contribution in [0.1, 0.15) is 55.2 Å². The lowest BCUT2D eigenvalue weighted by atomic mass is 9.96. The Labute approximate surface area is 215 Å². The summed E-state index contributed by atoms with van der Waals surface area (Å²) in [7, 11) is 0. The molecule has 0 saturated carbocycles. The van der Waals surface area contributed by atoms with Crippen LogP contribution < -0.4 is 9.64 Å². The first-order valence-corrected chi connectivity index (χ1v) is 12.0. The minimum atomic E-state index is -0.933. The molecule has 2 heterocycles. The number of carbonyl (C=O) groups is 3. The number of carbonyl (C=O) groups excluding carboxylic acids is 3. The molecule has 3 aromatic rings. The zero-order chi connectivity index (χ0) is 26.7. The molecular weight excluding hydrogens is 472 g/mol. The summed E-state index contributed by atoms with van der Waals surface area (Å²) in [5.74, 6) is -1.92. The van der Waals surface area contributed by atoms with E-state index in [9.17, 15) is 19.5 Å². The summed E-state index contributed by atoms with van der Waals surface area (Å²) in [5.41, 5.74) is 1.52. The second kappa shape index (κ2) is 10.7. The van der Waals surface area contributed by atoms with Crippen LogP contribution in [-0.4, -0.2) is 40.0 Å². The third-order valence-corrected chi connectivity index (χ3v) is 5.65. The van der Waals surface area contributed by atoms with Gasteiger partial charge in [-0.15, -0.1) is 0 Å². The Kier molecular flexibility index (Phi) is 7.38. The first-order chi connectivity index (χ1) is 17.7. The van der Waals surface area contributed by atoms with Gasteiger partial charge < -0.3 is 14.6 Å². The van der Waals surface area contributed by atoms with Crippen LogP contribution in [0.15, 0.2) is 78.6 Å². The molecule has 1 N–H and O–H groups in total. The Morgan fingerprint density at radius 2 is 1.68 bits per heavy atom. The topological polar surface area (TPSA) is 106 Å². The molecule has 0 spiro atoms. The van der Waals surface area contributed by atoms with Crippen molar-refractivity contribution >= 4 is 29.1 Å². The van der Waals surface area contributed by atoms with Gasteiger partial charge in [0.05, 0.1) is 29.4 Å². The lowest BCUT2D eigenvalue weighted by molar-refractivity contribution is -0.132. The molecular formula is C29H28N2O6. The Morgan fingerprint density at radius 1 is 0.946 bits per heavy atom. The lowest BCUT2D eigenvalue weighted by Crippen LogP contribution is -2.29. The molecule has 0 bridgehead atoms. The molecule has 1 aliphatic rings. The molecule has 8 heteroatoms. The maximum absolute atomic E-state index is 13.3. The summed E-state index contributed by atoms with van der Waals surface area (Å²) in [5, 5.41) is 11.3. The number of aliphatic hydroxyl groups excluding tert-OH is 1. The first-order valence-electron chi connectivity index (χ1n) is 12.0. The lowest BCUT2D eigenvalue weighted by Gasteiger charge is -2.25. The van der Waals surface area contributed by atoms with Crippen LogP contribution in [-0.2, 0) is 14.3 Å². The van der Waals surface area contributed by atoms with Crippen molar-refractivity contribution in [2.45, 2.75) is 45.9 Å². The number of hydrogen-bond acceptors (Lipinski definition) is 7. The minimum Gasteiger partial charge on any atom is -0.507 e. The van der Waals surface area contributed by atoms with Crippen molar-refractivity contribution in [3.8, 4) is 5.75 Å². The number of aliphatic hydroxyl groups is 1. The van der Waals surface area contributed by atoms with Crippen molar-refractivity contribution in [3.05, 3.63) is 95.3 Å². The van der Waals surface area contributed by atoms with Gasteiger partial charge in [-0.05, 0) is 75.7 Å². The van der Waals surface area contributed by atoms with Crippen LogP contribution >= 0.6 is 0 Å². The number of amides is 1. The number of esters is 1. The Hall–Kier alpha value is -4.46. The van der Waals surface area contributed by atoms with Gasteiger partial charge in [0, 0.05) is 23.6 Å². The Bertz CT molecular complexity index is 1350.